The van der Waals surface area contributed by atoms with Crippen LogP contribution in [0.25, 0.3) is 0 Å². The number of nitrogens with zero attached hydrogens (tertiary/aromatic N) is 2. The lowest BCUT2D eigenvalue weighted by atomic mass is 10.0. The van der Waals surface area contributed by atoms with Crippen LogP contribution in [0.4, 0.5) is 15.3 Å². The molecule has 0 bridgehead atoms. The summed E-state index contributed by atoms with van der Waals surface area (Å²) >= 11 is 0. The summed E-state index contributed by atoms with van der Waals surface area (Å²) in [5.74, 6) is -0.732. The Morgan fingerprint density at radius 3 is 2.16 bits per heavy atom. The number of ether oxygens (including phenoxy) is 1. The van der Waals surface area contributed by atoms with Gasteiger partial charge in [0.1, 0.15) is 12.6 Å². The molecule has 2 rings (SSSR count). The van der Waals surface area contributed by atoms with Crippen molar-refractivity contribution in [3.05, 3.63) is 29.8 Å². The normalized spacial score (nSPS) is 14.6. The summed E-state index contributed by atoms with van der Waals surface area (Å²) in [7, 11) is 1.75. The molecule has 0 unspecified atom stereocenters. The van der Waals surface area contributed by atoms with Gasteiger partial charge >= 0.3 is 12.1 Å². The van der Waals surface area contributed by atoms with Crippen molar-refractivity contribution in [2.24, 2.45) is 17.6 Å². The Balaban J connectivity index is 1.93. The molecule has 1 aromatic rings. The van der Waals surface area contributed by atoms with Crippen LogP contribution in [0.5, 0.6) is 0 Å². The monoisotopic (exact) mass is 603 g/mol. The number of hydrogen-bond donors (Lipinski definition) is 5. The summed E-state index contributed by atoms with van der Waals surface area (Å²) < 4.78 is 5.42. The number of likely N-dealkylation sites (N-methyl/N-ethyl adjacent to an activating group) is 1. The highest BCUT2D eigenvalue weighted by atomic mass is 16.6. The van der Waals surface area contributed by atoms with Crippen LogP contribution < -0.4 is 27.0 Å². The number of amides is 6. The zero-order chi connectivity index (χ0) is 32.3. The second kappa shape index (κ2) is 16.7. The number of nitrogens with one attached hydrogen (secondary N) is 4. The Kier molecular flexibility index (Phi) is 13.7. The lowest BCUT2D eigenvalue weighted by Gasteiger charge is -2.43. The molecule has 0 aliphatic carbocycles. The average Bonchev–Trinajstić information content (AvgIpc) is 2.90. The van der Waals surface area contributed by atoms with Gasteiger partial charge < -0.3 is 41.5 Å². The minimum atomic E-state index is -0.840. The molecule has 1 aromatic carbocycles. The predicted octanol–water partition coefficient (Wildman–Crippen LogP) is 2.02. The van der Waals surface area contributed by atoms with Gasteiger partial charge in [-0.3, -0.25) is 14.4 Å². The van der Waals surface area contributed by atoms with E-state index in [1.807, 2.05) is 41.5 Å². The van der Waals surface area contributed by atoms with Crippen LogP contribution in [0.15, 0.2) is 24.3 Å². The maximum absolute atomic E-state index is 13.2. The maximum Gasteiger partial charge on any atom is 0.410 e. The smallest absolute Gasteiger partial charge is 0.410 e. The predicted molar refractivity (Wildman–Crippen MR) is 164 cm³/mol. The fourth-order valence-corrected chi connectivity index (χ4v) is 4.56. The molecule has 0 saturated carbocycles. The van der Waals surface area contributed by atoms with Gasteiger partial charge in [-0.1, -0.05) is 53.7 Å². The molecule has 13 heteroatoms. The third kappa shape index (κ3) is 11.4. The van der Waals surface area contributed by atoms with E-state index in [9.17, 15) is 24.0 Å². The molecule has 1 heterocycles. The molecule has 0 aromatic heterocycles. The van der Waals surface area contributed by atoms with Crippen molar-refractivity contribution in [1.82, 2.24) is 25.8 Å². The number of anilines is 1. The lowest BCUT2D eigenvalue weighted by Crippen LogP contribution is -2.61. The van der Waals surface area contributed by atoms with Crippen LogP contribution in [0.3, 0.4) is 0 Å². The van der Waals surface area contributed by atoms with E-state index >= 15 is 0 Å². The Hall–Kier alpha value is -3.87. The molecule has 1 aliphatic rings. The number of hydrogen-bond acceptors (Lipinski definition) is 7. The van der Waals surface area contributed by atoms with Gasteiger partial charge in [0, 0.05) is 44.3 Å². The highest BCUT2D eigenvalue weighted by Crippen LogP contribution is 2.18. The van der Waals surface area contributed by atoms with Crippen LogP contribution in [0, 0.1) is 11.8 Å². The number of carbonyl (C=O) groups excluding carboxylic acids is 5. The molecule has 1 saturated heterocycles. The first-order valence-electron chi connectivity index (χ1n) is 14.9. The van der Waals surface area contributed by atoms with Gasteiger partial charge in [-0.15, -0.1) is 0 Å². The first-order chi connectivity index (χ1) is 20.2. The van der Waals surface area contributed by atoms with Crippen LogP contribution >= 0.6 is 0 Å². The maximum atomic E-state index is 13.2. The standard InChI is InChI=1S/C30H49N7O6/c1-18(2)25(33-20(5)6)27(39)35-24(9-8-14-32-29(31)41)26(38)34-22-12-10-21(11-13-22)17-43-30(42)37-15-23(16-37)36(7)28(40)19(3)4/h10-13,18-20,23-25,33H,8-9,14-17H2,1-7H3,(H,34,38)(H,35,39)(H3,31,32,41)/t24-,25-/m0/s1. The molecule has 6 amide bonds. The van der Waals surface area contributed by atoms with Gasteiger partial charge in [0.2, 0.25) is 17.7 Å². The third-order valence-corrected chi connectivity index (χ3v) is 7.16. The number of rotatable bonds is 15. The minimum Gasteiger partial charge on any atom is -0.445 e. The van der Waals surface area contributed by atoms with E-state index in [0.29, 0.717) is 25.2 Å². The topological polar surface area (TPSA) is 175 Å². The Bertz CT molecular complexity index is 1100. The number of primary amides is 1. The van der Waals surface area contributed by atoms with E-state index in [4.69, 9.17) is 10.5 Å². The van der Waals surface area contributed by atoms with Gasteiger partial charge in [-0.25, -0.2) is 9.59 Å². The minimum absolute atomic E-state index is 0.00206. The number of urea groups is 1. The highest BCUT2D eigenvalue weighted by Gasteiger charge is 2.36. The Labute approximate surface area is 254 Å². The van der Waals surface area contributed by atoms with Gasteiger partial charge in [0.05, 0.1) is 12.1 Å². The molecular formula is C30H49N7O6. The summed E-state index contributed by atoms with van der Waals surface area (Å²) in [6, 6.07) is 4.95. The van der Waals surface area contributed by atoms with Crippen LogP contribution in [-0.4, -0.2) is 90.5 Å². The average molecular weight is 604 g/mol. The molecule has 1 aliphatic heterocycles. The second-order valence-corrected chi connectivity index (χ2v) is 11.9. The second-order valence-electron chi connectivity index (χ2n) is 11.9. The summed E-state index contributed by atoms with van der Waals surface area (Å²) in [4.78, 5) is 65.1. The lowest BCUT2D eigenvalue weighted by molar-refractivity contribution is -0.138. The number of benzene rings is 1. The van der Waals surface area contributed by atoms with E-state index in [1.54, 1.807) is 41.1 Å². The Morgan fingerprint density at radius 1 is 1.00 bits per heavy atom. The van der Waals surface area contributed by atoms with Crippen molar-refractivity contribution in [3.8, 4) is 0 Å². The van der Waals surface area contributed by atoms with Crippen LogP contribution in [-0.2, 0) is 25.7 Å². The van der Waals surface area contributed by atoms with E-state index < -0.39 is 30.1 Å². The molecule has 13 nitrogen and oxygen atoms in total. The van der Waals surface area contributed by atoms with E-state index in [2.05, 4.69) is 21.3 Å². The molecule has 6 N–H and O–H groups in total. The van der Waals surface area contributed by atoms with Gasteiger partial charge in [0.15, 0.2) is 0 Å². The van der Waals surface area contributed by atoms with Crippen molar-refractivity contribution >= 4 is 35.5 Å². The summed E-state index contributed by atoms with van der Waals surface area (Å²) in [6.07, 6.45) is 0.268. The van der Waals surface area contributed by atoms with E-state index in [1.165, 1.54) is 0 Å². The van der Waals surface area contributed by atoms with E-state index in [0.717, 1.165) is 5.56 Å². The molecule has 0 spiro atoms. The molecule has 43 heavy (non-hydrogen) atoms. The summed E-state index contributed by atoms with van der Waals surface area (Å²) in [6.45, 7) is 12.6. The zero-order valence-corrected chi connectivity index (χ0v) is 26.4. The zero-order valence-electron chi connectivity index (χ0n) is 26.4. The fraction of sp³-hybridized carbons (Fsp3) is 0.633. The number of likely N-dealkylation sites (tertiary alicyclic amines) is 1. The van der Waals surface area contributed by atoms with Gasteiger partial charge in [-0.05, 0) is 36.5 Å². The quantitative estimate of drug-likeness (QED) is 0.191. The van der Waals surface area contributed by atoms with Crippen molar-refractivity contribution in [1.29, 1.82) is 0 Å². The SMILES string of the molecule is CC(C)N[C@H](C(=O)N[C@@H](CCCNC(N)=O)C(=O)Nc1ccc(COC(=O)N2CC(N(C)C(=O)C(C)C)C2)cc1)C(C)C. The van der Waals surface area contributed by atoms with E-state index in [-0.39, 0.29) is 55.3 Å². The first kappa shape index (κ1) is 35.3. The Morgan fingerprint density at radius 2 is 1.63 bits per heavy atom. The number of carbonyl (C=O) groups is 5. The van der Waals surface area contributed by atoms with Crippen LogP contribution in [0.1, 0.15) is 59.9 Å². The summed E-state index contributed by atoms with van der Waals surface area (Å²) in [5.41, 5.74) is 6.38. The molecule has 0 radical (unpaired) electrons. The van der Waals surface area contributed by atoms with Crippen molar-refractivity contribution in [2.75, 3.05) is 32.0 Å². The van der Waals surface area contributed by atoms with Crippen molar-refractivity contribution in [2.45, 2.75) is 85.2 Å². The third-order valence-electron chi connectivity index (χ3n) is 7.16. The molecular weight excluding hydrogens is 554 g/mol. The van der Waals surface area contributed by atoms with Crippen molar-refractivity contribution in [3.63, 3.8) is 0 Å². The highest BCUT2D eigenvalue weighted by molar-refractivity contribution is 5.97. The van der Waals surface area contributed by atoms with Crippen LogP contribution in [0.2, 0.25) is 0 Å². The molecule has 2 atom stereocenters. The summed E-state index contributed by atoms with van der Waals surface area (Å²) in [5, 5.41) is 11.4. The van der Waals surface area contributed by atoms with Gasteiger partial charge in [0.25, 0.3) is 0 Å². The molecule has 1 fully saturated rings. The fourth-order valence-electron chi connectivity index (χ4n) is 4.56. The number of nitrogens with two attached hydrogens (primary N) is 1. The van der Waals surface area contributed by atoms with Crippen molar-refractivity contribution < 1.29 is 28.7 Å². The first-order valence-corrected chi connectivity index (χ1v) is 14.9. The molecule has 240 valence electrons. The largest absolute Gasteiger partial charge is 0.445 e. The van der Waals surface area contributed by atoms with Gasteiger partial charge in [-0.2, -0.15) is 0 Å².